The molecule has 9 heteroatoms. The summed E-state index contributed by atoms with van der Waals surface area (Å²) >= 11 is 0. The molecule has 1 atom stereocenters. The lowest BCUT2D eigenvalue weighted by Crippen LogP contribution is -2.53. The Morgan fingerprint density at radius 2 is 1.60 bits per heavy atom. The van der Waals surface area contributed by atoms with E-state index in [2.05, 4.69) is 9.64 Å². The summed E-state index contributed by atoms with van der Waals surface area (Å²) in [5.41, 5.74) is 0.919. The number of carbonyl (C=O) groups is 1. The molecular weight excluding hydrogens is 464 g/mol. The number of ether oxygens (including phenoxy) is 2. The minimum atomic E-state index is -4.76. The van der Waals surface area contributed by atoms with Crippen LogP contribution in [0.2, 0.25) is 0 Å². The van der Waals surface area contributed by atoms with E-state index < -0.39 is 18.1 Å². The van der Waals surface area contributed by atoms with Crippen LogP contribution < -0.4 is 4.74 Å². The molecule has 2 heterocycles. The molecule has 3 aliphatic rings. The number of benzene rings is 2. The number of carbonyl (C=O) groups excluding carboxylic acids is 1. The van der Waals surface area contributed by atoms with Gasteiger partial charge in [-0.3, -0.25) is 4.90 Å². The van der Waals surface area contributed by atoms with Crippen molar-refractivity contribution in [2.45, 2.75) is 56.7 Å². The molecule has 1 unspecified atom stereocenters. The molecule has 0 N–H and O–H groups in total. The van der Waals surface area contributed by atoms with Crippen LogP contribution in [-0.4, -0.2) is 53.5 Å². The summed E-state index contributed by atoms with van der Waals surface area (Å²) < 4.78 is 61.0. The van der Waals surface area contributed by atoms with Crippen molar-refractivity contribution in [3.05, 3.63) is 65.5 Å². The van der Waals surface area contributed by atoms with E-state index in [1.807, 2.05) is 0 Å². The molecule has 1 amide bonds. The lowest BCUT2D eigenvalue weighted by atomic mass is 9.81. The lowest BCUT2D eigenvalue weighted by Gasteiger charge is -2.42. The topological polar surface area (TPSA) is 42.0 Å². The standard InChI is InChI=1S/C26H28F4N2O3/c27-21-7-3-18(4-8-21)15-23-25(11-13-31(14-12-25)16-19-1-2-19)35-24(33)32(23)17-20-5-9-22(10-6-20)34-26(28,29)30/h3-10,19,23H,1-2,11-17H2. The zero-order valence-electron chi connectivity index (χ0n) is 19.3. The van der Waals surface area contributed by atoms with Gasteiger partial charge in [-0.2, -0.15) is 0 Å². The molecule has 2 aromatic rings. The second-order valence-electron chi connectivity index (χ2n) is 9.84. The number of amides is 1. The van der Waals surface area contributed by atoms with E-state index in [-0.39, 0.29) is 24.2 Å². The molecule has 1 saturated carbocycles. The number of hydrogen-bond donors (Lipinski definition) is 0. The Bertz CT molecular complexity index is 1030. The predicted octanol–water partition coefficient (Wildman–Crippen LogP) is 5.53. The normalized spacial score (nSPS) is 22.5. The van der Waals surface area contributed by atoms with Crippen molar-refractivity contribution in [3.63, 3.8) is 0 Å². The van der Waals surface area contributed by atoms with Crippen LogP contribution in [0.25, 0.3) is 0 Å². The number of rotatable bonds is 7. The van der Waals surface area contributed by atoms with Crippen LogP contribution >= 0.6 is 0 Å². The third-order valence-electron chi connectivity index (χ3n) is 7.28. The molecule has 3 fully saturated rings. The average Bonchev–Trinajstić information content (AvgIpc) is 3.59. The van der Waals surface area contributed by atoms with Crippen LogP contribution in [0.3, 0.4) is 0 Å². The van der Waals surface area contributed by atoms with Crippen molar-refractivity contribution in [3.8, 4) is 5.75 Å². The van der Waals surface area contributed by atoms with Gasteiger partial charge < -0.3 is 14.4 Å². The van der Waals surface area contributed by atoms with Gasteiger partial charge >= 0.3 is 12.5 Å². The molecule has 2 saturated heterocycles. The summed E-state index contributed by atoms with van der Waals surface area (Å²) in [4.78, 5) is 17.2. The number of halogens is 4. The predicted molar refractivity (Wildman–Crippen MR) is 120 cm³/mol. The molecule has 0 aromatic heterocycles. The highest BCUT2D eigenvalue weighted by atomic mass is 19.4. The molecule has 35 heavy (non-hydrogen) atoms. The van der Waals surface area contributed by atoms with Gasteiger partial charge in [0.1, 0.15) is 17.2 Å². The fourth-order valence-corrected chi connectivity index (χ4v) is 5.23. The summed E-state index contributed by atoms with van der Waals surface area (Å²) in [6.45, 7) is 2.98. The largest absolute Gasteiger partial charge is 0.573 e. The first-order chi connectivity index (χ1) is 16.7. The monoisotopic (exact) mass is 492 g/mol. The molecule has 1 spiro atoms. The summed E-state index contributed by atoms with van der Waals surface area (Å²) in [6, 6.07) is 11.5. The highest BCUT2D eigenvalue weighted by molar-refractivity contribution is 5.72. The Morgan fingerprint density at radius 1 is 0.971 bits per heavy atom. The Kier molecular flexibility index (Phi) is 6.38. The summed E-state index contributed by atoms with van der Waals surface area (Å²) in [6.07, 6.45) is -0.693. The van der Waals surface area contributed by atoms with Crippen molar-refractivity contribution < 1.29 is 31.8 Å². The fraction of sp³-hybridized carbons (Fsp3) is 0.500. The first-order valence-electron chi connectivity index (χ1n) is 12.0. The number of hydrogen-bond acceptors (Lipinski definition) is 4. The van der Waals surface area contributed by atoms with Crippen LogP contribution in [-0.2, 0) is 17.7 Å². The van der Waals surface area contributed by atoms with Gasteiger partial charge in [0.25, 0.3) is 0 Å². The number of likely N-dealkylation sites (tertiary alicyclic amines) is 1. The Hall–Kier alpha value is -2.81. The fourth-order valence-electron chi connectivity index (χ4n) is 5.23. The van der Waals surface area contributed by atoms with Crippen LogP contribution in [0.5, 0.6) is 5.75 Å². The number of piperidine rings is 1. The van der Waals surface area contributed by atoms with E-state index in [1.165, 1.54) is 49.2 Å². The van der Waals surface area contributed by atoms with Crippen molar-refractivity contribution >= 4 is 6.09 Å². The maximum atomic E-state index is 13.5. The maximum absolute atomic E-state index is 13.5. The van der Waals surface area contributed by atoms with E-state index in [4.69, 9.17) is 4.74 Å². The zero-order valence-corrected chi connectivity index (χ0v) is 19.3. The quantitative estimate of drug-likeness (QED) is 0.477. The highest BCUT2D eigenvalue weighted by Crippen LogP contribution is 2.42. The van der Waals surface area contributed by atoms with Gasteiger partial charge in [-0.1, -0.05) is 24.3 Å². The van der Waals surface area contributed by atoms with Gasteiger partial charge in [-0.15, -0.1) is 13.2 Å². The Morgan fingerprint density at radius 3 is 2.20 bits per heavy atom. The van der Waals surface area contributed by atoms with Gasteiger partial charge in [0.05, 0.1) is 6.04 Å². The second-order valence-corrected chi connectivity index (χ2v) is 9.84. The third-order valence-corrected chi connectivity index (χ3v) is 7.28. The Balaban J connectivity index is 1.35. The summed E-state index contributed by atoms with van der Waals surface area (Å²) in [5.74, 6) is 0.146. The number of nitrogens with zero attached hydrogens (tertiary/aromatic N) is 2. The summed E-state index contributed by atoms with van der Waals surface area (Å²) in [5, 5.41) is 0. The van der Waals surface area contributed by atoms with Gasteiger partial charge in [-0.05, 0) is 60.6 Å². The van der Waals surface area contributed by atoms with Gasteiger partial charge in [0, 0.05) is 39.0 Å². The molecule has 1 aliphatic carbocycles. The van der Waals surface area contributed by atoms with Gasteiger partial charge in [-0.25, -0.2) is 9.18 Å². The van der Waals surface area contributed by atoms with Crippen LogP contribution in [0.15, 0.2) is 48.5 Å². The van der Waals surface area contributed by atoms with Crippen LogP contribution in [0.4, 0.5) is 22.4 Å². The van der Waals surface area contributed by atoms with E-state index in [0.717, 1.165) is 31.1 Å². The molecule has 5 rings (SSSR count). The molecule has 188 valence electrons. The van der Waals surface area contributed by atoms with E-state index in [9.17, 15) is 22.4 Å². The minimum absolute atomic E-state index is 0.199. The molecule has 2 aromatic carbocycles. The smallest absolute Gasteiger partial charge is 0.440 e. The minimum Gasteiger partial charge on any atom is -0.440 e. The molecule has 0 radical (unpaired) electrons. The molecule has 0 bridgehead atoms. The first-order valence-corrected chi connectivity index (χ1v) is 12.0. The molecule has 5 nitrogen and oxygen atoms in total. The first kappa shape index (κ1) is 23.9. The van der Waals surface area contributed by atoms with Crippen LogP contribution in [0, 0.1) is 11.7 Å². The van der Waals surface area contributed by atoms with Crippen molar-refractivity contribution in [1.82, 2.24) is 9.80 Å². The second kappa shape index (κ2) is 9.33. The average molecular weight is 493 g/mol. The molecular formula is C26H28F4N2O3. The van der Waals surface area contributed by atoms with Crippen molar-refractivity contribution in [2.24, 2.45) is 5.92 Å². The lowest BCUT2D eigenvalue weighted by molar-refractivity contribution is -0.274. The van der Waals surface area contributed by atoms with E-state index in [1.54, 1.807) is 17.0 Å². The highest BCUT2D eigenvalue weighted by Gasteiger charge is 2.54. The summed E-state index contributed by atoms with van der Waals surface area (Å²) in [7, 11) is 0. The maximum Gasteiger partial charge on any atom is 0.573 e. The number of alkyl halides is 3. The SMILES string of the molecule is O=C1OC2(CCN(CC3CC3)CC2)C(Cc2ccc(F)cc2)N1Cc1ccc(OC(F)(F)F)cc1. The van der Waals surface area contributed by atoms with Gasteiger partial charge in [0.2, 0.25) is 0 Å². The molecule has 2 aliphatic heterocycles. The Labute approximate surface area is 201 Å². The van der Waals surface area contributed by atoms with Crippen LogP contribution in [0.1, 0.15) is 36.8 Å². The van der Waals surface area contributed by atoms with E-state index in [0.29, 0.717) is 24.8 Å². The van der Waals surface area contributed by atoms with Crippen molar-refractivity contribution in [1.29, 1.82) is 0 Å². The van der Waals surface area contributed by atoms with E-state index >= 15 is 0 Å². The van der Waals surface area contributed by atoms with Crippen molar-refractivity contribution in [2.75, 3.05) is 19.6 Å². The zero-order chi connectivity index (χ0) is 24.6. The third kappa shape index (κ3) is 5.72. The van der Waals surface area contributed by atoms with Gasteiger partial charge in [0.15, 0.2) is 0 Å².